The molecule has 0 aromatic rings. The van der Waals surface area contributed by atoms with Crippen LogP contribution in [-0.4, -0.2) is 47.3 Å². The van der Waals surface area contributed by atoms with Crippen molar-refractivity contribution in [1.29, 1.82) is 0 Å². The lowest BCUT2D eigenvalue weighted by Gasteiger charge is -2.39. The smallest absolute Gasteiger partial charge is 0.0623 e. The molecular weight excluding hydrogens is 224 g/mol. The van der Waals surface area contributed by atoms with Gasteiger partial charge in [0.25, 0.3) is 0 Å². The SMILES string of the molecule is CCC1CCCCCN1CC(C)(CO)NC(C)C. The Morgan fingerprint density at radius 3 is 2.61 bits per heavy atom. The zero-order valence-electron chi connectivity index (χ0n) is 12.7. The van der Waals surface area contributed by atoms with E-state index in [1.54, 1.807) is 0 Å². The minimum Gasteiger partial charge on any atom is -0.394 e. The molecule has 0 aromatic carbocycles. The molecule has 1 fully saturated rings. The van der Waals surface area contributed by atoms with Crippen LogP contribution < -0.4 is 5.32 Å². The maximum absolute atomic E-state index is 9.70. The lowest BCUT2D eigenvalue weighted by Crippen LogP contribution is -2.57. The van der Waals surface area contributed by atoms with E-state index in [-0.39, 0.29) is 12.1 Å². The average molecular weight is 256 g/mol. The minimum atomic E-state index is -0.175. The second kappa shape index (κ2) is 7.46. The molecule has 3 nitrogen and oxygen atoms in total. The van der Waals surface area contributed by atoms with Crippen LogP contribution in [0.25, 0.3) is 0 Å². The van der Waals surface area contributed by atoms with E-state index in [2.05, 4.69) is 37.9 Å². The monoisotopic (exact) mass is 256 g/mol. The first-order valence-corrected chi connectivity index (χ1v) is 7.63. The molecule has 2 atom stereocenters. The van der Waals surface area contributed by atoms with Gasteiger partial charge < -0.3 is 10.4 Å². The summed E-state index contributed by atoms with van der Waals surface area (Å²) in [5.41, 5.74) is -0.175. The maximum atomic E-state index is 9.70. The van der Waals surface area contributed by atoms with Crippen molar-refractivity contribution in [3.8, 4) is 0 Å². The van der Waals surface area contributed by atoms with Gasteiger partial charge in [-0.05, 0) is 32.7 Å². The van der Waals surface area contributed by atoms with Gasteiger partial charge in [0.2, 0.25) is 0 Å². The summed E-state index contributed by atoms with van der Waals surface area (Å²) >= 11 is 0. The molecule has 1 aliphatic heterocycles. The Kier molecular flexibility index (Phi) is 6.61. The van der Waals surface area contributed by atoms with Crippen LogP contribution >= 0.6 is 0 Å². The number of aliphatic hydroxyl groups excluding tert-OH is 1. The van der Waals surface area contributed by atoms with Crippen LogP contribution in [0.3, 0.4) is 0 Å². The first-order valence-electron chi connectivity index (χ1n) is 7.63. The van der Waals surface area contributed by atoms with E-state index >= 15 is 0 Å². The Balaban J connectivity index is 2.64. The predicted molar refractivity (Wildman–Crippen MR) is 77.9 cm³/mol. The minimum absolute atomic E-state index is 0.175. The third-order valence-electron chi connectivity index (χ3n) is 4.01. The highest BCUT2D eigenvalue weighted by Gasteiger charge is 2.30. The molecule has 0 bridgehead atoms. The summed E-state index contributed by atoms with van der Waals surface area (Å²) in [5.74, 6) is 0. The summed E-state index contributed by atoms with van der Waals surface area (Å²) in [6.45, 7) is 11.1. The Morgan fingerprint density at radius 2 is 2.06 bits per heavy atom. The largest absolute Gasteiger partial charge is 0.394 e. The van der Waals surface area contributed by atoms with Gasteiger partial charge >= 0.3 is 0 Å². The second-order valence-corrected chi connectivity index (χ2v) is 6.40. The number of rotatable bonds is 6. The number of hydrogen-bond donors (Lipinski definition) is 2. The van der Waals surface area contributed by atoms with Crippen molar-refractivity contribution in [3.63, 3.8) is 0 Å². The summed E-state index contributed by atoms with van der Waals surface area (Å²) in [6, 6.07) is 1.11. The quantitative estimate of drug-likeness (QED) is 0.766. The van der Waals surface area contributed by atoms with Gasteiger partial charge in [-0.3, -0.25) is 4.90 Å². The first kappa shape index (κ1) is 15.9. The fourth-order valence-electron chi connectivity index (χ4n) is 3.19. The van der Waals surface area contributed by atoms with Crippen LogP contribution in [0.2, 0.25) is 0 Å². The van der Waals surface area contributed by atoms with Crippen molar-refractivity contribution >= 4 is 0 Å². The van der Waals surface area contributed by atoms with Crippen molar-refractivity contribution in [1.82, 2.24) is 10.2 Å². The molecule has 1 aliphatic rings. The van der Waals surface area contributed by atoms with Gasteiger partial charge in [0, 0.05) is 18.6 Å². The Labute approximate surface area is 113 Å². The highest BCUT2D eigenvalue weighted by atomic mass is 16.3. The number of nitrogens with zero attached hydrogens (tertiary/aromatic N) is 1. The second-order valence-electron chi connectivity index (χ2n) is 6.40. The van der Waals surface area contributed by atoms with Crippen molar-refractivity contribution in [3.05, 3.63) is 0 Å². The van der Waals surface area contributed by atoms with Gasteiger partial charge in [0.1, 0.15) is 0 Å². The molecule has 2 N–H and O–H groups in total. The van der Waals surface area contributed by atoms with Crippen LogP contribution in [-0.2, 0) is 0 Å². The number of nitrogens with one attached hydrogen (secondary N) is 1. The van der Waals surface area contributed by atoms with Crippen molar-refractivity contribution in [2.24, 2.45) is 0 Å². The maximum Gasteiger partial charge on any atom is 0.0623 e. The molecule has 1 rings (SSSR count). The number of likely N-dealkylation sites (tertiary alicyclic amines) is 1. The molecule has 0 aromatic heterocycles. The average Bonchev–Trinajstić information content (AvgIpc) is 2.53. The number of aliphatic hydroxyl groups is 1. The van der Waals surface area contributed by atoms with E-state index in [1.165, 1.54) is 38.6 Å². The molecule has 18 heavy (non-hydrogen) atoms. The third-order valence-corrected chi connectivity index (χ3v) is 4.01. The highest BCUT2D eigenvalue weighted by molar-refractivity contribution is 4.90. The van der Waals surface area contributed by atoms with Crippen LogP contribution in [0.15, 0.2) is 0 Å². The van der Waals surface area contributed by atoms with Crippen molar-refractivity contribution in [2.75, 3.05) is 19.7 Å². The van der Waals surface area contributed by atoms with E-state index in [0.29, 0.717) is 12.1 Å². The number of hydrogen-bond acceptors (Lipinski definition) is 3. The molecule has 1 saturated heterocycles. The highest BCUT2D eigenvalue weighted by Crippen LogP contribution is 2.21. The topological polar surface area (TPSA) is 35.5 Å². The lowest BCUT2D eigenvalue weighted by molar-refractivity contribution is 0.0886. The van der Waals surface area contributed by atoms with E-state index in [9.17, 15) is 5.11 Å². The predicted octanol–water partition coefficient (Wildman–Crippen LogP) is 2.39. The molecule has 3 heteroatoms. The molecule has 0 saturated carbocycles. The van der Waals surface area contributed by atoms with E-state index in [4.69, 9.17) is 0 Å². The molecule has 108 valence electrons. The van der Waals surface area contributed by atoms with Gasteiger partial charge in [0.05, 0.1) is 12.1 Å². The van der Waals surface area contributed by atoms with Gasteiger partial charge in [-0.1, -0.05) is 33.6 Å². The standard InChI is InChI=1S/C15H32N2O/c1-5-14-9-7-6-8-10-17(14)11-15(4,12-18)16-13(2)3/h13-14,16,18H,5-12H2,1-4H3. The first-order chi connectivity index (χ1) is 8.50. The molecular formula is C15H32N2O. The summed E-state index contributed by atoms with van der Waals surface area (Å²) in [5, 5.41) is 13.2. The molecule has 0 aliphatic carbocycles. The van der Waals surface area contributed by atoms with Crippen molar-refractivity contribution in [2.45, 2.75) is 77.4 Å². The van der Waals surface area contributed by atoms with Crippen LogP contribution in [0, 0.1) is 0 Å². The zero-order valence-corrected chi connectivity index (χ0v) is 12.7. The zero-order chi connectivity index (χ0) is 13.6. The Morgan fingerprint density at radius 1 is 1.33 bits per heavy atom. The summed E-state index contributed by atoms with van der Waals surface area (Å²) in [7, 11) is 0. The summed E-state index contributed by atoms with van der Waals surface area (Å²) in [6.07, 6.45) is 6.57. The van der Waals surface area contributed by atoms with E-state index in [0.717, 1.165) is 6.54 Å². The van der Waals surface area contributed by atoms with Gasteiger partial charge in [0.15, 0.2) is 0 Å². The summed E-state index contributed by atoms with van der Waals surface area (Å²) in [4.78, 5) is 2.60. The van der Waals surface area contributed by atoms with Gasteiger partial charge in [-0.25, -0.2) is 0 Å². The third kappa shape index (κ3) is 4.87. The molecule has 0 spiro atoms. The molecule has 0 radical (unpaired) electrons. The lowest BCUT2D eigenvalue weighted by atomic mass is 9.99. The Hall–Kier alpha value is -0.120. The van der Waals surface area contributed by atoms with Crippen LogP contribution in [0.4, 0.5) is 0 Å². The normalized spacial score (nSPS) is 26.0. The van der Waals surface area contributed by atoms with Crippen molar-refractivity contribution < 1.29 is 5.11 Å². The van der Waals surface area contributed by atoms with Crippen LogP contribution in [0.5, 0.6) is 0 Å². The molecule has 2 unspecified atom stereocenters. The Bertz CT molecular complexity index is 233. The molecule has 1 heterocycles. The fraction of sp³-hybridized carbons (Fsp3) is 1.00. The summed E-state index contributed by atoms with van der Waals surface area (Å²) < 4.78 is 0. The van der Waals surface area contributed by atoms with Crippen LogP contribution in [0.1, 0.15) is 59.8 Å². The van der Waals surface area contributed by atoms with Gasteiger partial charge in [-0.15, -0.1) is 0 Å². The van der Waals surface area contributed by atoms with E-state index in [1.807, 2.05) is 0 Å². The van der Waals surface area contributed by atoms with Gasteiger partial charge in [-0.2, -0.15) is 0 Å². The fourth-order valence-corrected chi connectivity index (χ4v) is 3.19. The molecule has 0 amide bonds. The van der Waals surface area contributed by atoms with E-state index < -0.39 is 0 Å².